The minimum atomic E-state index is -0.0521. The summed E-state index contributed by atoms with van der Waals surface area (Å²) in [5.41, 5.74) is 9.38. The highest BCUT2D eigenvalue weighted by atomic mass is 32.1. The van der Waals surface area contributed by atoms with Crippen molar-refractivity contribution in [2.24, 2.45) is 0 Å². The third kappa shape index (κ3) is 3.82. The molecule has 0 saturated heterocycles. The number of thiophene rings is 1. The fourth-order valence-electron chi connectivity index (χ4n) is 2.04. The predicted molar refractivity (Wildman–Crippen MR) is 84.9 cm³/mol. The molecule has 4 nitrogen and oxygen atoms in total. The number of benzene rings is 1. The Labute approximate surface area is 123 Å². The van der Waals surface area contributed by atoms with Crippen molar-refractivity contribution in [1.82, 2.24) is 4.90 Å². The van der Waals surface area contributed by atoms with Crippen LogP contribution in [0.4, 0.5) is 11.4 Å². The van der Waals surface area contributed by atoms with Crippen LogP contribution in [0, 0.1) is 6.92 Å². The van der Waals surface area contributed by atoms with Gasteiger partial charge in [0.05, 0.1) is 17.9 Å². The first-order valence-corrected chi connectivity index (χ1v) is 7.35. The van der Waals surface area contributed by atoms with Gasteiger partial charge in [-0.1, -0.05) is 12.1 Å². The van der Waals surface area contributed by atoms with Gasteiger partial charge in [-0.15, -0.1) is 0 Å². The summed E-state index contributed by atoms with van der Waals surface area (Å²) >= 11 is 1.66. The molecule has 0 aliphatic carbocycles. The summed E-state index contributed by atoms with van der Waals surface area (Å²) < 4.78 is 0. The lowest BCUT2D eigenvalue weighted by atomic mass is 10.1. The smallest absolute Gasteiger partial charge is 0.238 e. The lowest BCUT2D eigenvalue weighted by molar-refractivity contribution is -0.117. The van der Waals surface area contributed by atoms with Crippen molar-refractivity contribution in [3.8, 4) is 0 Å². The second-order valence-corrected chi connectivity index (χ2v) is 5.67. The molecule has 1 aromatic heterocycles. The minimum Gasteiger partial charge on any atom is -0.397 e. The van der Waals surface area contributed by atoms with Crippen molar-refractivity contribution in [3.05, 3.63) is 46.2 Å². The standard InChI is InChI=1S/C15H19N3OS/c1-11-4-3-5-13(16)15(11)17-14(19)9-18(2)8-12-6-7-20-10-12/h3-7,10H,8-9,16H2,1-2H3,(H,17,19). The van der Waals surface area contributed by atoms with Gasteiger partial charge in [-0.3, -0.25) is 9.69 Å². The van der Waals surface area contributed by atoms with E-state index in [9.17, 15) is 4.79 Å². The third-order valence-corrected chi connectivity index (χ3v) is 3.75. The Balaban J connectivity index is 1.92. The van der Waals surface area contributed by atoms with Crippen LogP contribution in [0.25, 0.3) is 0 Å². The molecule has 0 atom stereocenters. The van der Waals surface area contributed by atoms with Crippen LogP contribution in [0.2, 0.25) is 0 Å². The van der Waals surface area contributed by atoms with E-state index in [0.29, 0.717) is 17.9 Å². The monoisotopic (exact) mass is 289 g/mol. The zero-order valence-corrected chi connectivity index (χ0v) is 12.5. The van der Waals surface area contributed by atoms with Gasteiger partial charge in [-0.05, 0) is 48.0 Å². The van der Waals surface area contributed by atoms with Crippen LogP contribution in [-0.4, -0.2) is 24.4 Å². The van der Waals surface area contributed by atoms with Gasteiger partial charge in [0, 0.05) is 6.54 Å². The molecule has 0 spiro atoms. The maximum atomic E-state index is 12.1. The van der Waals surface area contributed by atoms with Gasteiger partial charge in [0.15, 0.2) is 0 Å². The molecule has 20 heavy (non-hydrogen) atoms. The van der Waals surface area contributed by atoms with Gasteiger partial charge < -0.3 is 11.1 Å². The number of aryl methyl sites for hydroxylation is 1. The number of likely N-dealkylation sites (N-methyl/N-ethyl adjacent to an activating group) is 1. The van der Waals surface area contributed by atoms with E-state index in [1.807, 2.05) is 36.4 Å². The van der Waals surface area contributed by atoms with E-state index in [4.69, 9.17) is 5.73 Å². The fourth-order valence-corrected chi connectivity index (χ4v) is 2.70. The molecule has 1 heterocycles. The molecule has 5 heteroatoms. The zero-order valence-electron chi connectivity index (χ0n) is 11.7. The molecular weight excluding hydrogens is 270 g/mol. The van der Waals surface area contributed by atoms with Gasteiger partial charge in [0.2, 0.25) is 5.91 Å². The number of nitrogen functional groups attached to an aromatic ring is 1. The van der Waals surface area contributed by atoms with Crippen LogP contribution in [0.15, 0.2) is 35.0 Å². The molecule has 2 aromatic rings. The first-order chi connectivity index (χ1) is 9.56. The summed E-state index contributed by atoms with van der Waals surface area (Å²) in [6.45, 7) is 3.03. The molecular formula is C15H19N3OS. The van der Waals surface area contributed by atoms with Gasteiger partial charge in [-0.2, -0.15) is 11.3 Å². The number of amides is 1. The quantitative estimate of drug-likeness (QED) is 0.832. The minimum absolute atomic E-state index is 0.0521. The van der Waals surface area contributed by atoms with Crippen LogP contribution < -0.4 is 11.1 Å². The number of carbonyl (C=O) groups is 1. The second-order valence-electron chi connectivity index (χ2n) is 4.89. The molecule has 3 N–H and O–H groups in total. The average Bonchev–Trinajstić information content (AvgIpc) is 2.86. The maximum absolute atomic E-state index is 12.1. The van der Waals surface area contributed by atoms with E-state index in [1.165, 1.54) is 5.56 Å². The van der Waals surface area contributed by atoms with Crippen molar-refractivity contribution < 1.29 is 4.79 Å². The fraction of sp³-hybridized carbons (Fsp3) is 0.267. The number of rotatable bonds is 5. The predicted octanol–water partition coefficient (Wildman–Crippen LogP) is 2.71. The number of hydrogen-bond acceptors (Lipinski definition) is 4. The van der Waals surface area contributed by atoms with Gasteiger partial charge in [0.1, 0.15) is 0 Å². The maximum Gasteiger partial charge on any atom is 0.238 e. The van der Waals surface area contributed by atoms with Crippen LogP contribution >= 0.6 is 11.3 Å². The molecule has 0 aliphatic rings. The van der Waals surface area contributed by atoms with Crippen molar-refractivity contribution >= 4 is 28.6 Å². The van der Waals surface area contributed by atoms with Crippen LogP contribution in [-0.2, 0) is 11.3 Å². The van der Waals surface area contributed by atoms with Crippen LogP contribution in [0.5, 0.6) is 0 Å². The van der Waals surface area contributed by atoms with E-state index < -0.39 is 0 Å². The number of anilines is 2. The Hall–Kier alpha value is -1.85. The highest BCUT2D eigenvalue weighted by Gasteiger charge is 2.10. The van der Waals surface area contributed by atoms with Crippen LogP contribution in [0.3, 0.4) is 0 Å². The normalized spacial score (nSPS) is 10.8. The van der Waals surface area contributed by atoms with Crippen molar-refractivity contribution in [2.45, 2.75) is 13.5 Å². The highest BCUT2D eigenvalue weighted by molar-refractivity contribution is 7.07. The summed E-state index contributed by atoms with van der Waals surface area (Å²) in [6.07, 6.45) is 0. The topological polar surface area (TPSA) is 58.4 Å². The summed E-state index contributed by atoms with van der Waals surface area (Å²) in [5, 5.41) is 7.02. The number of nitrogens with one attached hydrogen (secondary N) is 1. The molecule has 0 saturated carbocycles. The third-order valence-electron chi connectivity index (χ3n) is 3.02. The Bertz CT molecular complexity index is 561. The molecule has 0 aliphatic heterocycles. The van der Waals surface area contributed by atoms with Crippen molar-refractivity contribution in [3.63, 3.8) is 0 Å². The Kier molecular flexibility index (Phi) is 4.76. The lowest BCUT2D eigenvalue weighted by Crippen LogP contribution is -2.30. The van der Waals surface area contributed by atoms with Crippen molar-refractivity contribution in [1.29, 1.82) is 0 Å². The number of carbonyl (C=O) groups excluding carboxylic acids is 1. The van der Waals surface area contributed by atoms with E-state index in [-0.39, 0.29) is 5.91 Å². The van der Waals surface area contributed by atoms with E-state index >= 15 is 0 Å². The van der Waals surface area contributed by atoms with Crippen LogP contribution in [0.1, 0.15) is 11.1 Å². The summed E-state index contributed by atoms with van der Waals surface area (Å²) in [4.78, 5) is 14.0. The van der Waals surface area contributed by atoms with Gasteiger partial charge >= 0.3 is 0 Å². The molecule has 1 aromatic carbocycles. The Morgan fingerprint density at radius 3 is 2.85 bits per heavy atom. The Morgan fingerprint density at radius 1 is 1.40 bits per heavy atom. The first-order valence-electron chi connectivity index (χ1n) is 6.41. The number of nitrogens with two attached hydrogens (primary N) is 1. The van der Waals surface area contributed by atoms with E-state index in [2.05, 4.69) is 16.8 Å². The Morgan fingerprint density at radius 2 is 2.20 bits per heavy atom. The van der Waals surface area contributed by atoms with Gasteiger partial charge in [0.25, 0.3) is 0 Å². The lowest BCUT2D eigenvalue weighted by Gasteiger charge is -2.17. The molecule has 0 unspecified atom stereocenters. The average molecular weight is 289 g/mol. The van der Waals surface area contributed by atoms with Crippen molar-refractivity contribution in [2.75, 3.05) is 24.6 Å². The first kappa shape index (κ1) is 14.6. The molecule has 0 bridgehead atoms. The SMILES string of the molecule is Cc1cccc(N)c1NC(=O)CN(C)Cc1ccsc1. The number of nitrogens with zero attached hydrogens (tertiary/aromatic N) is 1. The molecule has 0 radical (unpaired) electrons. The number of para-hydroxylation sites is 1. The second kappa shape index (κ2) is 6.54. The summed E-state index contributed by atoms with van der Waals surface area (Å²) in [5.74, 6) is -0.0521. The highest BCUT2D eigenvalue weighted by Crippen LogP contribution is 2.22. The molecule has 0 fully saturated rings. The summed E-state index contributed by atoms with van der Waals surface area (Å²) in [6, 6.07) is 7.67. The molecule has 2 rings (SSSR count). The van der Waals surface area contributed by atoms with Gasteiger partial charge in [-0.25, -0.2) is 0 Å². The van der Waals surface area contributed by atoms with E-state index in [0.717, 1.165) is 12.1 Å². The molecule has 106 valence electrons. The largest absolute Gasteiger partial charge is 0.397 e. The zero-order chi connectivity index (χ0) is 14.5. The van der Waals surface area contributed by atoms with E-state index in [1.54, 1.807) is 17.4 Å². The summed E-state index contributed by atoms with van der Waals surface area (Å²) in [7, 11) is 1.93. The molecule has 1 amide bonds. The number of hydrogen-bond donors (Lipinski definition) is 2.